The molecular weight excluding hydrogens is 430 g/mol. The molecular formula is C26H27ClF2N2O. The van der Waals surface area contributed by atoms with Crippen molar-refractivity contribution in [3.8, 4) is 5.75 Å². The molecule has 6 heteroatoms. The molecule has 0 amide bonds. The van der Waals surface area contributed by atoms with E-state index in [9.17, 15) is 8.78 Å². The topological polar surface area (TPSA) is 15.7 Å². The van der Waals surface area contributed by atoms with Gasteiger partial charge in [0.1, 0.15) is 23.5 Å². The van der Waals surface area contributed by atoms with E-state index >= 15 is 0 Å². The summed E-state index contributed by atoms with van der Waals surface area (Å²) in [6.07, 6.45) is 0.442. The van der Waals surface area contributed by atoms with Crippen molar-refractivity contribution in [2.45, 2.75) is 19.4 Å². The van der Waals surface area contributed by atoms with Gasteiger partial charge in [0, 0.05) is 50.9 Å². The van der Waals surface area contributed by atoms with Gasteiger partial charge in [0.05, 0.1) is 5.02 Å². The maximum Gasteiger partial charge on any atom is 0.142 e. The fraction of sp³-hybridized carbons (Fsp3) is 0.308. The molecule has 0 aliphatic carbocycles. The lowest BCUT2D eigenvalue weighted by molar-refractivity contribution is 0.160. The number of piperazine rings is 1. The predicted molar refractivity (Wildman–Crippen MR) is 126 cm³/mol. The summed E-state index contributed by atoms with van der Waals surface area (Å²) in [6.45, 7) is 6.87. The Balaban J connectivity index is 1.39. The highest BCUT2D eigenvalue weighted by Crippen LogP contribution is 2.29. The number of ether oxygens (including phenoxy) is 1. The zero-order valence-corrected chi connectivity index (χ0v) is 18.9. The van der Waals surface area contributed by atoms with Crippen molar-refractivity contribution >= 4 is 17.3 Å². The van der Waals surface area contributed by atoms with Crippen LogP contribution in [0.3, 0.4) is 0 Å². The van der Waals surface area contributed by atoms with Crippen molar-refractivity contribution in [1.82, 2.24) is 4.90 Å². The van der Waals surface area contributed by atoms with Crippen LogP contribution < -0.4 is 9.64 Å². The van der Waals surface area contributed by atoms with Crippen LogP contribution in [-0.4, -0.2) is 37.6 Å². The van der Waals surface area contributed by atoms with Gasteiger partial charge >= 0.3 is 0 Å². The maximum absolute atomic E-state index is 13.5. The molecule has 0 radical (unpaired) electrons. The Labute approximate surface area is 193 Å². The summed E-state index contributed by atoms with van der Waals surface area (Å²) in [5.74, 6) is -0.274. The van der Waals surface area contributed by atoms with Crippen LogP contribution in [0.25, 0.3) is 0 Å². The minimum atomic E-state index is -0.483. The molecule has 1 aliphatic rings. The predicted octanol–water partition coefficient (Wildman–Crippen LogP) is 6.26. The van der Waals surface area contributed by atoms with Crippen molar-refractivity contribution in [2.24, 2.45) is 0 Å². The number of para-hydroxylation sites is 1. The highest BCUT2D eigenvalue weighted by Gasteiger charge is 2.21. The van der Waals surface area contributed by atoms with Crippen LogP contribution >= 0.6 is 11.6 Å². The van der Waals surface area contributed by atoms with E-state index in [2.05, 4.69) is 41.0 Å². The average Bonchev–Trinajstić information content (AvgIpc) is 2.80. The Hall–Kier alpha value is -2.63. The van der Waals surface area contributed by atoms with E-state index in [-0.39, 0.29) is 16.9 Å². The molecule has 0 N–H and O–H groups in total. The van der Waals surface area contributed by atoms with Crippen molar-refractivity contribution < 1.29 is 13.5 Å². The normalized spacial score (nSPS) is 15.6. The standard InChI is InChI=1S/C26H27ClF2N2O/c1-19-4-2-3-5-25(19)31-16-14-30(15-17-31)13-12-26(20-6-8-21(28)9-7-20)32-22-10-11-24(29)23(27)18-22/h2-11,18,26H,12-17H2,1H3/t26-/m1/s1. The summed E-state index contributed by atoms with van der Waals surface area (Å²) in [4.78, 5) is 4.85. The Morgan fingerprint density at radius 1 is 0.938 bits per heavy atom. The van der Waals surface area contributed by atoms with Crippen LogP contribution in [0.15, 0.2) is 66.7 Å². The number of rotatable bonds is 7. The fourth-order valence-electron chi connectivity index (χ4n) is 4.12. The van der Waals surface area contributed by atoms with E-state index in [0.717, 1.165) is 44.7 Å². The quantitative estimate of drug-likeness (QED) is 0.417. The third-order valence-electron chi connectivity index (χ3n) is 5.95. The van der Waals surface area contributed by atoms with Crippen LogP contribution in [-0.2, 0) is 0 Å². The van der Waals surface area contributed by atoms with Gasteiger partial charge in [-0.2, -0.15) is 0 Å². The van der Waals surface area contributed by atoms with Gasteiger partial charge in [0.2, 0.25) is 0 Å². The van der Waals surface area contributed by atoms with Crippen LogP contribution in [0.4, 0.5) is 14.5 Å². The largest absolute Gasteiger partial charge is 0.486 e. The van der Waals surface area contributed by atoms with E-state index in [1.165, 1.54) is 35.5 Å². The van der Waals surface area contributed by atoms with E-state index in [4.69, 9.17) is 16.3 Å². The molecule has 32 heavy (non-hydrogen) atoms. The molecule has 3 aromatic carbocycles. The van der Waals surface area contributed by atoms with Crippen LogP contribution in [0.2, 0.25) is 5.02 Å². The Morgan fingerprint density at radius 3 is 2.34 bits per heavy atom. The lowest BCUT2D eigenvalue weighted by Gasteiger charge is -2.37. The average molecular weight is 457 g/mol. The van der Waals surface area contributed by atoms with Crippen LogP contribution in [0, 0.1) is 18.6 Å². The van der Waals surface area contributed by atoms with Crippen molar-refractivity contribution in [1.29, 1.82) is 0 Å². The minimum absolute atomic E-state index is 0.0210. The molecule has 0 spiro atoms. The molecule has 3 nitrogen and oxygen atoms in total. The van der Waals surface area contributed by atoms with Crippen LogP contribution in [0.1, 0.15) is 23.7 Å². The summed E-state index contributed by atoms with van der Waals surface area (Å²) in [5, 5.41) is 0.0210. The van der Waals surface area contributed by atoms with Crippen molar-refractivity contribution in [2.75, 3.05) is 37.6 Å². The Kier molecular flexibility index (Phi) is 7.28. The number of nitrogens with zero attached hydrogens (tertiary/aromatic N) is 2. The number of anilines is 1. The molecule has 0 aromatic heterocycles. The van der Waals surface area contributed by atoms with Crippen molar-refractivity contribution in [3.05, 3.63) is 94.5 Å². The molecule has 0 unspecified atom stereocenters. The molecule has 1 atom stereocenters. The Bertz CT molecular complexity index is 1040. The minimum Gasteiger partial charge on any atom is -0.486 e. The van der Waals surface area contributed by atoms with Crippen molar-refractivity contribution in [3.63, 3.8) is 0 Å². The zero-order valence-electron chi connectivity index (χ0n) is 18.1. The van der Waals surface area contributed by atoms with Gasteiger partial charge in [-0.05, 0) is 48.4 Å². The third kappa shape index (κ3) is 5.59. The molecule has 1 aliphatic heterocycles. The molecule has 1 heterocycles. The number of halogens is 3. The summed E-state index contributed by atoms with van der Waals surface area (Å²) in [7, 11) is 0. The van der Waals surface area contributed by atoms with Gasteiger partial charge in [-0.25, -0.2) is 8.78 Å². The number of hydrogen-bond donors (Lipinski definition) is 0. The van der Waals surface area contributed by atoms with Gasteiger partial charge in [-0.15, -0.1) is 0 Å². The molecule has 0 saturated carbocycles. The molecule has 1 fully saturated rings. The first-order valence-electron chi connectivity index (χ1n) is 10.9. The first-order chi connectivity index (χ1) is 15.5. The molecule has 4 rings (SSSR count). The SMILES string of the molecule is Cc1ccccc1N1CCN(CC[C@@H](Oc2ccc(F)c(Cl)c2)c2ccc(F)cc2)CC1. The number of hydrogen-bond acceptors (Lipinski definition) is 3. The van der Waals surface area contributed by atoms with Gasteiger partial charge in [-0.1, -0.05) is 41.9 Å². The maximum atomic E-state index is 13.5. The summed E-state index contributed by atoms with van der Waals surface area (Å²) in [6, 6.07) is 19.2. The van der Waals surface area contributed by atoms with E-state index in [0.29, 0.717) is 5.75 Å². The number of benzene rings is 3. The Morgan fingerprint density at radius 2 is 1.66 bits per heavy atom. The second-order valence-corrected chi connectivity index (χ2v) is 8.55. The second-order valence-electron chi connectivity index (χ2n) is 8.14. The van der Waals surface area contributed by atoms with Crippen LogP contribution in [0.5, 0.6) is 5.75 Å². The monoisotopic (exact) mass is 456 g/mol. The lowest BCUT2D eigenvalue weighted by atomic mass is 10.1. The fourth-order valence-corrected chi connectivity index (χ4v) is 4.29. The van der Waals surface area contributed by atoms with E-state index in [1.54, 1.807) is 18.2 Å². The van der Waals surface area contributed by atoms with E-state index in [1.807, 2.05) is 0 Å². The lowest BCUT2D eigenvalue weighted by Crippen LogP contribution is -2.47. The molecule has 3 aromatic rings. The number of aryl methyl sites for hydroxylation is 1. The third-order valence-corrected chi connectivity index (χ3v) is 6.24. The highest BCUT2D eigenvalue weighted by atomic mass is 35.5. The summed E-state index contributed by atoms with van der Waals surface area (Å²) in [5.41, 5.74) is 3.47. The first-order valence-corrected chi connectivity index (χ1v) is 11.3. The van der Waals surface area contributed by atoms with Gasteiger partial charge in [0.15, 0.2) is 0 Å². The van der Waals surface area contributed by atoms with Gasteiger partial charge in [-0.3, -0.25) is 4.90 Å². The molecule has 1 saturated heterocycles. The smallest absolute Gasteiger partial charge is 0.142 e. The second kappa shape index (κ2) is 10.3. The zero-order chi connectivity index (χ0) is 22.5. The highest BCUT2D eigenvalue weighted by molar-refractivity contribution is 6.30. The van der Waals surface area contributed by atoms with Gasteiger partial charge in [0.25, 0.3) is 0 Å². The first kappa shape index (κ1) is 22.6. The van der Waals surface area contributed by atoms with Gasteiger partial charge < -0.3 is 9.64 Å². The molecule has 168 valence electrons. The molecule has 0 bridgehead atoms. The summed E-state index contributed by atoms with van der Waals surface area (Å²) >= 11 is 5.92. The van der Waals surface area contributed by atoms with E-state index < -0.39 is 5.82 Å². The summed E-state index contributed by atoms with van der Waals surface area (Å²) < 4.78 is 33.1.